The average Bonchev–Trinajstić information content (AvgIpc) is 3.09. The van der Waals surface area contributed by atoms with Crippen LogP contribution in [0.5, 0.6) is 5.75 Å². The van der Waals surface area contributed by atoms with Crippen molar-refractivity contribution >= 4 is 27.6 Å². The van der Waals surface area contributed by atoms with Crippen molar-refractivity contribution in [2.75, 3.05) is 34.3 Å². The standard InChI is InChI=1S/C26H24N2O4/c1-27(2)13-14-28-22(17-8-6-9-18(15-17)31-3)21-23(29)20-12-11-16-7-4-5-10-19(16)24(20)32-25(21)26(28)30/h4-12,15,22H,13-14H2,1-3H3. The normalized spacial score (nSPS) is 15.7. The Morgan fingerprint density at radius 3 is 2.59 bits per heavy atom. The Balaban J connectivity index is 1.77. The number of carbonyl (C=O) groups excluding carboxylic acids is 1. The summed E-state index contributed by atoms with van der Waals surface area (Å²) in [6.45, 7) is 1.13. The van der Waals surface area contributed by atoms with Crippen molar-refractivity contribution in [1.29, 1.82) is 0 Å². The van der Waals surface area contributed by atoms with Crippen molar-refractivity contribution < 1.29 is 13.9 Å². The predicted molar refractivity (Wildman–Crippen MR) is 124 cm³/mol. The lowest BCUT2D eigenvalue weighted by molar-refractivity contribution is 0.0716. The zero-order valence-corrected chi connectivity index (χ0v) is 18.3. The first kappa shape index (κ1) is 20.3. The van der Waals surface area contributed by atoms with Crippen molar-refractivity contribution in [3.8, 4) is 5.75 Å². The molecule has 1 aliphatic heterocycles. The first-order chi connectivity index (χ1) is 15.5. The number of benzene rings is 3. The molecule has 32 heavy (non-hydrogen) atoms. The molecule has 0 radical (unpaired) electrons. The molecule has 0 fully saturated rings. The molecule has 6 nitrogen and oxygen atoms in total. The summed E-state index contributed by atoms with van der Waals surface area (Å²) in [5.74, 6) is 0.541. The molecule has 1 unspecified atom stereocenters. The van der Waals surface area contributed by atoms with Gasteiger partial charge in [-0.05, 0) is 43.2 Å². The van der Waals surface area contributed by atoms with Gasteiger partial charge < -0.3 is 19.0 Å². The summed E-state index contributed by atoms with van der Waals surface area (Å²) >= 11 is 0. The van der Waals surface area contributed by atoms with Crippen LogP contribution in [0.15, 0.2) is 69.9 Å². The van der Waals surface area contributed by atoms with E-state index in [9.17, 15) is 9.59 Å². The first-order valence-electron chi connectivity index (χ1n) is 10.6. The molecule has 0 saturated heterocycles. The minimum Gasteiger partial charge on any atom is -0.497 e. The maximum absolute atomic E-state index is 13.8. The lowest BCUT2D eigenvalue weighted by Crippen LogP contribution is -2.35. The minimum atomic E-state index is -0.528. The molecule has 1 atom stereocenters. The summed E-state index contributed by atoms with van der Waals surface area (Å²) in [5.41, 5.74) is 1.51. The smallest absolute Gasteiger partial charge is 0.290 e. The SMILES string of the molecule is COc1cccc(C2c3c(oc4c(ccc5ccccc54)c3=O)C(=O)N2CCN(C)C)c1. The van der Waals surface area contributed by atoms with Gasteiger partial charge in [0.25, 0.3) is 5.91 Å². The highest BCUT2D eigenvalue weighted by atomic mass is 16.5. The number of rotatable bonds is 5. The number of amides is 1. The molecule has 1 aromatic heterocycles. The summed E-state index contributed by atoms with van der Waals surface area (Å²) in [4.78, 5) is 31.0. The van der Waals surface area contributed by atoms with E-state index in [2.05, 4.69) is 0 Å². The molecule has 4 aromatic rings. The molecule has 0 saturated carbocycles. The van der Waals surface area contributed by atoms with Gasteiger partial charge >= 0.3 is 0 Å². The third-order valence-corrected chi connectivity index (χ3v) is 6.06. The van der Waals surface area contributed by atoms with Crippen LogP contribution in [0.1, 0.15) is 27.7 Å². The number of carbonyl (C=O) groups is 1. The zero-order valence-electron chi connectivity index (χ0n) is 18.3. The van der Waals surface area contributed by atoms with Crippen LogP contribution in [0.25, 0.3) is 21.7 Å². The Kier molecular flexibility index (Phi) is 4.94. The number of likely N-dealkylation sites (N-methyl/N-ethyl adjacent to an activating group) is 1. The zero-order chi connectivity index (χ0) is 22.4. The lowest BCUT2D eigenvalue weighted by Gasteiger charge is -2.26. The van der Waals surface area contributed by atoms with Gasteiger partial charge in [-0.2, -0.15) is 0 Å². The average molecular weight is 428 g/mol. The van der Waals surface area contributed by atoms with E-state index in [4.69, 9.17) is 9.15 Å². The Hall–Kier alpha value is -3.64. The van der Waals surface area contributed by atoms with Gasteiger partial charge in [0.15, 0.2) is 5.43 Å². The van der Waals surface area contributed by atoms with Crippen LogP contribution in [-0.4, -0.2) is 50.0 Å². The van der Waals surface area contributed by atoms with Crippen LogP contribution in [0.4, 0.5) is 0 Å². The van der Waals surface area contributed by atoms with Gasteiger partial charge in [-0.3, -0.25) is 9.59 Å². The van der Waals surface area contributed by atoms with E-state index in [-0.39, 0.29) is 17.1 Å². The second-order valence-electron chi connectivity index (χ2n) is 8.32. The Morgan fingerprint density at radius 2 is 1.81 bits per heavy atom. The Bertz CT molecular complexity index is 1410. The van der Waals surface area contributed by atoms with Gasteiger partial charge in [-0.1, -0.05) is 42.5 Å². The number of ether oxygens (including phenoxy) is 1. The van der Waals surface area contributed by atoms with Gasteiger partial charge in [-0.25, -0.2) is 0 Å². The molecule has 5 rings (SSSR count). The van der Waals surface area contributed by atoms with Crippen LogP contribution in [-0.2, 0) is 0 Å². The molecule has 0 spiro atoms. The fourth-order valence-electron chi connectivity index (χ4n) is 4.44. The first-order valence-corrected chi connectivity index (χ1v) is 10.6. The van der Waals surface area contributed by atoms with Crippen molar-refractivity contribution in [3.63, 3.8) is 0 Å². The van der Waals surface area contributed by atoms with Crippen LogP contribution in [0.2, 0.25) is 0 Å². The molecule has 0 aliphatic carbocycles. The van der Waals surface area contributed by atoms with Gasteiger partial charge in [0.05, 0.1) is 24.1 Å². The molecule has 6 heteroatoms. The van der Waals surface area contributed by atoms with Crippen molar-refractivity contribution in [2.45, 2.75) is 6.04 Å². The number of nitrogens with zero attached hydrogens (tertiary/aromatic N) is 2. The van der Waals surface area contributed by atoms with E-state index >= 15 is 0 Å². The third-order valence-electron chi connectivity index (χ3n) is 6.06. The van der Waals surface area contributed by atoms with E-state index in [1.54, 1.807) is 18.1 Å². The second kappa shape index (κ2) is 7.80. The van der Waals surface area contributed by atoms with Gasteiger partial charge in [0, 0.05) is 18.5 Å². The summed E-state index contributed by atoms with van der Waals surface area (Å²) in [5, 5.41) is 2.27. The summed E-state index contributed by atoms with van der Waals surface area (Å²) in [6.07, 6.45) is 0. The molecular weight excluding hydrogens is 404 g/mol. The molecule has 1 amide bonds. The Labute approximate surface area is 185 Å². The maximum atomic E-state index is 13.8. The van der Waals surface area contributed by atoms with E-state index in [0.29, 0.717) is 35.4 Å². The molecule has 1 aliphatic rings. The van der Waals surface area contributed by atoms with E-state index in [1.165, 1.54) is 0 Å². The van der Waals surface area contributed by atoms with E-state index < -0.39 is 6.04 Å². The number of hydrogen-bond acceptors (Lipinski definition) is 5. The van der Waals surface area contributed by atoms with Crippen LogP contribution in [0, 0.1) is 0 Å². The minimum absolute atomic E-state index is 0.130. The number of methoxy groups -OCH3 is 1. The third kappa shape index (κ3) is 3.15. The maximum Gasteiger partial charge on any atom is 0.290 e. The quantitative estimate of drug-likeness (QED) is 0.449. The topological polar surface area (TPSA) is 63.0 Å². The summed E-state index contributed by atoms with van der Waals surface area (Å²) < 4.78 is 11.6. The number of hydrogen-bond donors (Lipinski definition) is 0. The van der Waals surface area contributed by atoms with Crippen LogP contribution >= 0.6 is 0 Å². The monoisotopic (exact) mass is 428 g/mol. The number of fused-ring (bicyclic) bond motifs is 4. The predicted octanol–water partition coefficient (Wildman–Crippen LogP) is 4.06. The van der Waals surface area contributed by atoms with Crippen molar-refractivity contribution in [1.82, 2.24) is 9.80 Å². The van der Waals surface area contributed by atoms with Crippen LogP contribution in [0.3, 0.4) is 0 Å². The molecular formula is C26H24N2O4. The van der Waals surface area contributed by atoms with Crippen LogP contribution < -0.4 is 10.2 Å². The molecule has 162 valence electrons. The van der Waals surface area contributed by atoms with Gasteiger partial charge in [-0.15, -0.1) is 0 Å². The molecule has 2 heterocycles. The largest absolute Gasteiger partial charge is 0.497 e. The van der Waals surface area contributed by atoms with E-state index in [1.807, 2.05) is 73.6 Å². The van der Waals surface area contributed by atoms with Gasteiger partial charge in [0.1, 0.15) is 11.3 Å². The lowest BCUT2D eigenvalue weighted by atomic mass is 9.97. The highest BCUT2D eigenvalue weighted by Gasteiger charge is 2.42. The highest BCUT2D eigenvalue weighted by molar-refractivity contribution is 6.06. The van der Waals surface area contributed by atoms with E-state index in [0.717, 1.165) is 16.3 Å². The Morgan fingerprint density at radius 1 is 1.00 bits per heavy atom. The molecule has 3 aromatic carbocycles. The fourth-order valence-corrected chi connectivity index (χ4v) is 4.44. The van der Waals surface area contributed by atoms with Crippen molar-refractivity contribution in [2.24, 2.45) is 0 Å². The molecule has 0 bridgehead atoms. The summed E-state index contributed by atoms with van der Waals surface area (Å²) in [7, 11) is 5.51. The fraction of sp³-hybridized carbons (Fsp3) is 0.231. The second-order valence-corrected chi connectivity index (χ2v) is 8.32. The summed E-state index contributed by atoms with van der Waals surface area (Å²) in [6, 6.07) is 18.4. The van der Waals surface area contributed by atoms with Crippen molar-refractivity contribution in [3.05, 3.63) is 87.8 Å². The highest BCUT2D eigenvalue weighted by Crippen LogP contribution is 2.39. The molecule has 0 N–H and O–H groups in total. The van der Waals surface area contributed by atoms with Gasteiger partial charge in [0.2, 0.25) is 5.76 Å².